The van der Waals surface area contributed by atoms with E-state index >= 15 is 0 Å². The summed E-state index contributed by atoms with van der Waals surface area (Å²) in [6.45, 7) is 5.88. The van der Waals surface area contributed by atoms with E-state index in [4.69, 9.17) is 18.9 Å². The smallest absolute Gasteiger partial charge is 0.327 e. The number of hydrogen-bond donors (Lipinski definition) is 1. The lowest BCUT2D eigenvalue weighted by atomic mass is 9.80. The molecule has 14 heteroatoms. The lowest BCUT2D eigenvalue weighted by molar-refractivity contribution is -0.159. The van der Waals surface area contributed by atoms with Crippen molar-refractivity contribution in [3.8, 4) is 5.88 Å². The molecule has 1 saturated heterocycles. The molecular weight excluding hydrogens is 641 g/mol. The van der Waals surface area contributed by atoms with Crippen molar-refractivity contribution in [2.24, 2.45) is 5.92 Å². The number of rotatable bonds is 10. The van der Waals surface area contributed by atoms with Crippen LogP contribution in [-0.2, 0) is 29.2 Å². The van der Waals surface area contributed by atoms with E-state index < -0.39 is 17.3 Å². The number of fused-ring (bicyclic) bond motifs is 1. The van der Waals surface area contributed by atoms with Gasteiger partial charge in [0, 0.05) is 48.9 Å². The Morgan fingerprint density at radius 2 is 1.87 bits per heavy atom. The van der Waals surface area contributed by atoms with Gasteiger partial charge in [-0.25, -0.2) is 15.0 Å². The number of hydrogen-bond acceptors (Lipinski definition) is 13. The molecule has 1 saturated carbocycles. The molecule has 3 atom stereocenters. The molecule has 2 aromatic heterocycles. The molecule has 5 aliphatic rings. The van der Waals surface area contributed by atoms with Gasteiger partial charge in [-0.05, 0) is 38.5 Å². The molecule has 0 spiro atoms. The Balaban J connectivity index is 1.13. The average molecular weight is 685 g/mol. The second kappa shape index (κ2) is 14.7. The number of nitrogens with one attached hydrogen (secondary N) is 1. The van der Waals surface area contributed by atoms with E-state index in [1.54, 1.807) is 5.51 Å². The predicted octanol–water partition coefficient (Wildman–Crippen LogP) is 3.93. The number of carbonyl (C=O) groups excluding carboxylic acids is 2. The van der Waals surface area contributed by atoms with E-state index in [1.165, 1.54) is 35.5 Å². The maximum Gasteiger partial charge on any atom is 0.327 e. The van der Waals surface area contributed by atoms with Crippen LogP contribution in [0.5, 0.6) is 5.88 Å². The maximum absolute atomic E-state index is 14.5. The van der Waals surface area contributed by atoms with Crippen molar-refractivity contribution in [2.75, 3.05) is 58.5 Å². The van der Waals surface area contributed by atoms with E-state index in [2.05, 4.69) is 30.1 Å². The molecule has 47 heavy (non-hydrogen) atoms. The lowest BCUT2D eigenvalue weighted by Crippen LogP contribution is -2.55. The molecule has 7 rings (SSSR count). The van der Waals surface area contributed by atoms with Crippen molar-refractivity contribution >= 4 is 35.0 Å². The van der Waals surface area contributed by atoms with Gasteiger partial charge in [0.25, 0.3) is 0 Å². The largest absolute Gasteiger partial charge is 0.478 e. The Labute approximate surface area is 284 Å². The molecule has 1 N–H and O–H groups in total. The fourth-order valence-corrected chi connectivity index (χ4v) is 9.64. The first-order valence-electron chi connectivity index (χ1n) is 16.9. The van der Waals surface area contributed by atoms with Crippen molar-refractivity contribution in [1.29, 1.82) is 0 Å². The molecule has 6 heterocycles. The first-order valence-corrected chi connectivity index (χ1v) is 18.8. The first-order chi connectivity index (χ1) is 23.0. The SMILES string of the molecule is Cc1ncc(C(CNC(=O)C2(C(=O)OC[C@H](C3CCCCC3)N3CSC4=C3OCCC4)CCOc3ncsc32)N2CCOCC2)cn1. The number of carbonyl (C=O) groups is 2. The summed E-state index contributed by atoms with van der Waals surface area (Å²) in [5.41, 5.74) is 0.973. The van der Waals surface area contributed by atoms with Crippen molar-refractivity contribution in [3.05, 3.63) is 45.0 Å². The summed E-state index contributed by atoms with van der Waals surface area (Å²) in [5, 5.41) is 3.16. The van der Waals surface area contributed by atoms with Gasteiger partial charge in [-0.2, -0.15) is 0 Å². The number of esters is 1. The topological polar surface area (TPSA) is 128 Å². The minimum absolute atomic E-state index is 0.00882. The van der Waals surface area contributed by atoms with Gasteiger partial charge in [0.2, 0.25) is 11.8 Å². The minimum atomic E-state index is -1.56. The standard InChI is InChI=1S/C33H44N6O6S2/c1-22-34-16-24(17-35-22)25(38-10-14-42-15-11-38)18-36-31(40)33(9-13-43-29-28(33)46-20-37-29)32(41)45-19-26(23-6-3-2-4-7-23)39-21-47-27-8-5-12-44-30(27)39/h16-17,20,23,25-26H,2-15,18-19,21H2,1H3,(H,36,40)/t25?,26-,33?/m1/s1. The maximum atomic E-state index is 14.5. The monoisotopic (exact) mass is 684 g/mol. The van der Waals surface area contributed by atoms with E-state index in [-0.39, 0.29) is 38.3 Å². The van der Waals surface area contributed by atoms with Gasteiger partial charge >= 0.3 is 5.97 Å². The van der Waals surface area contributed by atoms with Crippen molar-refractivity contribution in [3.63, 3.8) is 0 Å². The molecule has 2 unspecified atom stereocenters. The fourth-order valence-electron chi connectivity index (χ4n) is 7.50. The number of thiazole rings is 1. The Bertz CT molecular complexity index is 1440. The quantitative estimate of drug-likeness (QED) is 0.288. The minimum Gasteiger partial charge on any atom is -0.478 e. The van der Waals surface area contributed by atoms with Gasteiger partial charge in [-0.3, -0.25) is 14.5 Å². The Kier molecular flexibility index (Phi) is 10.2. The second-order valence-corrected chi connectivity index (χ2v) is 14.8. The highest BCUT2D eigenvalue weighted by atomic mass is 32.2. The third-order valence-corrected chi connectivity index (χ3v) is 12.3. The highest BCUT2D eigenvalue weighted by molar-refractivity contribution is 8.03. The van der Waals surface area contributed by atoms with Gasteiger partial charge in [-0.1, -0.05) is 19.3 Å². The molecule has 2 aromatic rings. The van der Waals surface area contributed by atoms with Crippen molar-refractivity contribution < 1.29 is 28.5 Å². The van der Waals surface area contributed by atoms with Crippen LogP contribution in [0.25, 0.3) is 0 Å². The Hall–Kier alpha value is -2.94. The fraction of sp³-hybridized carbons (Fsp3) is 0.667. The zero-order valence-corrected chi connectivity index (χ0v) is 28.6. The van der Waals surface area contributed by atoms with Crippen molar-refractivity contribution in [1.82, 2.24) is 30.1 Å². The van der Waals surface area contributed by atoms with Gasteiger partial charge in [0.15, 0.2) is 11.3 Å². The molecule has 0 bridgehead atoms. The summed E-state index contributed by atoms with van der Waals surface area (Å²) in [5.74, 6) is 2.22. The Morgan fingerprint density at radius 1 is 1.06 bits per heavy atom. The predicted molar refractivity (Wildman–Crippen MR) is 177 cm³/mol. The molecule has 2 fully saturated rings. The normalized spacial score (nSPS) is 24.8. The van der Waals surface area contributed by atoms with E-state index in [9.17, 15) is 9.59 Å². The Morgan fingerprint density at radius 3 is 2.68 bits per heavy atom. The van der Waals surface area contributed by atoms with Gasteiger partial charge < -0.3 is 29.2 Å². The summed E-state index contributed by atoms with van der Waals surface area (Å²) >= 11 is 3.10. The summed E-state index contributed by atoms with van der Waals surface area (Å²) < 4.78 is 23.9. The van der Waals surface area contributed by atoms with E-state index in [1.807, 2.05) is 31.1 Å². The summed E-state index contributed by atoms with van der Waals surface area (Å²) in [6, 6.07) is -0.191. The zero-order chi connectivity index (χ0) is 32.2. The van der Waals surface area contributed by atoms with Gasteiger partial charge in [0.05, 0.1) is 54.8 Å². The molecule has 1 aliphatic carbocycles. The van der Waals surface area contributed by atoms with Crippen LogP contribution in [-0.4, -0.2) is 101 Å². The van der Waals surface area contributed by atoms with Crippen LogP contribution in [0, 0.1) is 12.8 Å². The van der Waals surface area contributed by atoms with Gasteiger partial charge in [-0.15, -0.1) is 23.1 Å². The van der Waals surface area contributed by atoms with Crippen LogP contribution in [0.2, 0.25) is 0 Å². The molecule has 0 radical (unpaired) electrons. The third-order valence-electron chi connectivity index (χ3n) is 10.1. The number of morpholine rings is 1. The average Bonchev–Trinajstić information content (AvgIpc) is 3.78. The van der Waals surface area contributed by atoms with Crippen LogP contribution in [0.1, 0.15) is 73.7 Å². The first kappa shape index (κ1) is 32.6. The summed E-state index contributed by atoms with van der Waals surface area (Å²) in [7, 11) is 0. The second-order valence-electron chi connectivity index (χ2n) is 12.9. The number of aryl methyl sites for hydroxylation is 1. The zero-order valence-electron chi connectivity index (χ0n) is 27.0. The number of amides is 1. The summed E-state index contributed by atoms with van der Waals surface area (Å²) in [6.07, 6.45) is 11.6. The highest BCUT2D eigenvalue weighted by Crippen LogP contribution is 2.45. The molecule has 12 nitrogen and oxygen atoms in total. The molecule has 254 valence electrons. The molecule has 0 aromatic carbocycles. The highest BCUT2D eigenvalue weighted by Gasteiger charge is 2.55. The van der Waals surface area contributed by atoms with Crippen LogP contribution >= 0.6 is 23.1 Å². The number of ether oxygens (including phenoxy) is 4. The number of aromatic nitrogens is 3. The lowest BCUT2D eigenvalue weighted by Gasteiger charge is -2.39. The molecular formula is C33H44N6O6S2. The van der Waals surface area contributed by atoms with E-state index in [0.29, 0.717) is 55.4 Å². The number of nitrogens with zero attached hydrogens (tertiary/aromatic N) is 5. The number of thioether (sulfide) groups is 1. The van der Waals surface area contributed by atoms with Gasteiger partial charge in [0.1, 0.15) is 12.4 Å². The number of allylic oxidation sites excluding steroid dienone is 1. The van der Waals surface area contributed by atoms with E-state index in [0.717, 1.165) is 43.0 Å². The van der Waals surface area contributed by atoms with Crippen molar-refractivity contribution in [2.45, 2.75) is 75.8 Å². The third kappa shape index (κ3) is 6.70. The molecule has 1 amide bonds. The summed E-state index contributed by atoms with van der Waals surface area (Å²) in [4.78, 5) is 48.5. The van der Waals surface area contributed by atoms with Crippen LogP contribution in [0.15, 0.2) is 28.7 Å². The van der Waals surface area contributed by atoms with Crippen LogP contribution < -0.4 is 10.1 Å². The van der Waals surface area contributed by atoms with Crippen LogP contribution in [0.4, 0.5) is 0 Å². The van der Waals surface area contributed by atoms with Crippen LogP contribution in [0.3, 0.4) is 0 Å². The molecule has 4 aliphatic heterocycles.